The predicted octanol–water partition coefficient (Wildman–Crippen LogP) is 4.85. The fraction of sp³-hybridized carbons (Fsp3) is 0.689. The molecule has 10 N–H and O–H groups in total. The van der Waals surface area contributed by atoms with Gasteiger partial charge >= 0.3 is 23.5 Å². The zero-order chi connectivity index (χ0) is 52.5. The van der Waals surface area contributed by atoms with Crippen LogP contribution in [0.4, 0.5) is 5.82 Å². The second-order valence-corrected chi connectivity index (χ2v) is 24.5. The number of aryl methyl sites for hydroxylation is 2. The van der Waals surface area contributed by atoms with Crippen LogP contribution in [0, 0.1) is 16.2 Å². The first kappa shape index (κ1) is 57.7. The number of ether oxygens (including phenoxy) is 1. The van der Waals surface area contributed by atoms with Crippen LogP contribution in [-0.4, -0.2) is 118 Å². The van der Waals surface area contributed by atoms with Gasteiger partial charge in [0.1, 0.15) is 42.0 Å². The lowest BCUT2D eigenvalue weighted by molar-refractivity contribution is -0.137. The molecule has 27 heteroatoms. The molecule has 7 unspecified atom stereocenters. The van der Waals surface area contributed by atoms with E-state index < -0.39 is 84.6 Å². The number of benzene rings is 1. The van der Waals surface area contributed by atoms with E-state index in [4.69, 9.17) is 19.5 Å². The fourth-order valence-corrected chi connectivity index (χ4v) is 11.5. The zero-order valence-electron chi connectivity index (χ0n) is 40.9. The summed E-state index contributed by atoms with van der Waals surface area (Å²) in [4.78, 5) is 89.7. The van der Waals surface area contributed by atoms with Gasteiger partial charge in [0.2, 0.25) is 11.8 Å². The van der Waals surface area contributed by atoms with E-state index in [2.05, 4.69) is 65.6 Å². The van der Waals surface area contributed by atoms with E-state index in [9.17, 15) is 57.9 Å². The fourth-order valence-electron chi connectivity index (χ4n) is 8.70. The molecule has 2 aromatic heterocycles. The Kier molecular flexibility index (Phi) is 19.6. The van der Waals surface area contributed by atoms with Crippen LogP contribution in [0.3, 0.4) is 0 Å². The first-order valence-electron chi connectivity index (χ1n) is 24.3. The largest absolute Gasteiger partial charge is 0.481 e. The lowest BCUT2D eigenvalue weighted by Gasteiger charge is -2.30. The number of nitrogens with one attached hydrogen (secondary N) is 2. The molecule has 0 spiro atoms. The minimum absolute atomic E-state index is 0.0332. The van der Waals surface area contributed by atoms with Crippen molar-refractivity contribution in [2.45, 2.75) is 154 Å². The van der Waals surface area contributed by atoms with Crippen LogP contribution in [0.15, 0.2) is 36.9 Å². The SMILES string of the molecule is CC1(CCCCc2ccc(CCCCCCC3(C(=O)CCNC(=O)CCNC(=O)C(O)C(C)(C)COP(=O)(O)OP(=O)(O)OCC4OC(n5cnc6c(N)ncnc65)C(O)C4OP(=O)(O)O)CC3)cc2)CC1. The van der Waals surface area contributed by atoms with E-state index in [1.165, 1.54) is 57.1 Å². The van der Waals surface area contributed by atoms with Crippen molar-refractivity contribution in [1.82, 2.24) is 30.2 Å². The van der Waals surface area contributed by atoms with Gasteiger partial charge in [-0.25, -0.2) is 28.6 Å². The van der Waals surface area contributed by atoms with Gasteiger partial charge in [-0.3, -0.25) is 32.5 Å². The van der Waals surface area contributed by atoms with Gasteiger partial charge in [0, 0.05) is 36.8 Å². The molecule has 3 aliphatic rings. The first-order valence-corrected chi connectivity index (χ1v) is 28.8. The number of unbranched alkanes of at least 4 members (excludes halogenated alkanes) is 4. The number of imidazole rings is 1. The van der Waals surface area contributed by atoms with E-state index in [1.807, 2.05) is 0 Å². The Balaban J connectivity index is 0.832. The number of hydrogen-bond acceptors (Lipinski definition) is 17. The van der Waals surface area contributed by atoms with Gasteiger partial charge in [0.25, 0.3) is 0 Å². The van der Waals surface area contributed by atoms with E-state index in [1.54, 1.807) is 0 Å². The number of rotatable bonds is 32. The number of carbonyl (C=O) groups excluding carboxylic acids is 3. The number of amides is 2. The molecule has 72 heavy (non-hydrogen) atoms. The van der Waals surface area contributed by atoms with Crippen molar-refractivity contribution in [2.75, 3.05) is 32.0 Å². The molecule has 6 rings (SSSR count). The summed E-state index contributed by atoms with van der Waals surface area (Å²) in [6.07, 6.45) is 8.96. The molecule has 0 bridgehead atoms. The van der Waals surface area contributed by atoms with Gasteiger partial charge in [-0.1, -0.05) is 70.7 Å². The van der Waals surface area contributed by atoms with Crippen LogP contribution in [0.5, 0.6) is 0 Å². The maximum absolute atomic E-state index is 13.1. The molecular weight excluding hydrogens is 1000 g/mol. The highest BCUT2D eigenvalue weighted by Gasteiger charge is 2.51. The van der Waals surface area contributed by atoms with Crippen LogP contribution in [0.2, 0.25) is 0 Å². The number of nitrogens with zero attached hydrogens (tertiary/aromatic N) is 4. The van der Waals surface area contributed by atoms with Gasteiger partial charge in [-0.05, 0) is 80.8 Å². The van der Waals surface area contributed by atoms with Crippen molar-refractivity contribution < 1.29 is 80.5 Å². The third kappa shape index (κ3) is 17.0. The number of aromatic nitrogens is 4. The van der Waals surface area contributed by atoms with E-state index >= 15 is 0 Å². The highest BCUT2D eigenvalue weighted by atomic mass is 31.3. The smallest absolute Gasteiger partial charge is 0.386 e. The van der Waals surface area contributed by atoms with Gasteiger partial charge in [-0.2, -0.15) is 4.31 Å². The number of aliphatic hydroxyl groups excluding tert-OH is 2. The number of carbonyl (C=O) groups is 3. The second kappa shape index (κ2) is 24.4. The first-order chi connectivity index (χ1) is 33.8. The number of fused-ring (bicyclic) bond motifs is 1. The number of phosphoric acid groups is 3. The molecule has 2 saturated carbocycles. The molecule has 1 saturated heterocycles. The van der Waals surface area contributed by atoms with Gasteiger partial charge < -0.3 is 50.9 Å². The lowest BCUT2D eigenvalue weighted by atomic mass is 9.87. The number of ketones is 1. The van der Waals surface area contributed by atoms with E-state index in [-0.39, 0.29) is 54.1 Å². The number of nitrogens with two attached hydrogens (primary N) is 1. The van der Waals surface area contributed by atoms with Crippen molar-refractivity contribution in [1.29, 1.82) is 0 Å². The zero-order valence-corrected chi connectivity index (χ0v) is 43.6. The second-order valence-electron chi connectivity index (χ2n) is 20.3. The monoisotopic (exact) mass is 1070 g/mol. The summed E-state index contributed by atoms with van der Waals surface area (Å²) in [6, 6.07) is 9.05. The quantitative estimate of drug-likeness (QED) is 0.0298. The summed E-state index contributed by atoms with van der Waals surface area (Å²) in [6.45, 7) is 2.87. The highest BCUT2D eigenvalue weighted by molar-refractivity contribution is 7.61. The van der Waals surface area contributed by atoms with E-state index in [0.717, 1.165) is 75.0 Å². The minimum atomic E-state index is -5.58. The standard InChI is InChI=1S/C45H70N7O17P3/c1-43(2,27-66-72(63,64)69-71(61,62)65-26-32-37(68-70(58,59)60)36(55)42(67-32)52-29-51-35-39(46)49-28-50-40(35)52)38(56)41(57)48-25-17-34(54)47-24-16-33(53)45(22-23-45)19-8-5-4-6-10-30-12-14-31(15-13-30)11-7-9-18-44(3)20-21-44/h12-15,28-29,32,36-38,42,55-56H,4-11,16-27H2,1-3H3,(H,47,54)(H,48,57)(H,61,62)(H,63,64)(H2,46,49,50)(H2,58,59,60). The molecule has 402 valence electrons. The number of anilines is 1. The number of nitrogen functional groups attached to an aromatic ring is 1. The Morgan fingerprint density at radius 3 is 2.11 bits per heavy atom. The minimum Gasteiger partial charge on any atom is -0.386 e. The predicted molar refractivity (Wildman–Crippen MR) is 259 cm³/mol. The Bertz CT molecular complexity index is 2480. The summed E-state index contributed by atoms with van der Waals surface area (Å²) >= 11 is 0. The average molecular weight is 1070 g/mol. The average Bonchev–Trinajstić information content (AvgIpc) is 4.19. The van der Waals surface area contributed by atoms with Crippen molar-refractivity contribution in [3.05, 3.63) is 48.0 Å². The molecule has 2 amide bonds. The Morgan fingerprint density at radius 1 is 0.861 bits per heavy atom. The molecule has 1 aromatic carbocycles. The molecule has 3 aromatic rings. The normalized spacial score (nSPS) is 22.5. The summed E-state index contributed by atoms with van der Waals surface area (Å²) in [7, 11) is -16.4. The number of hydrogen-bond donors (Lipinski definition) is 9. The van der Waals surface area contributed by atoms with E-state index in [0.29, 0.717) is 5.41 Å². The number of Topliss-reactive ketones (excluding diaryl/α,β-unsaturated/α-hetero) is 1. The third-order valence-electron chi connectivity index (χ3n) is 13.7. The third-order valence-corrected chi connectivity index (χ3v) is 16.8. The van der Waals surface area contributed by atoms with Crippen LogP contribution in [-0.2, 0) is 63.5 Å². The maximum atomic E-state index is 13.1. The highest BCUT2D eigenvalue weighted by Crippen LogP contribution is 2.61. The molecule has 7 atom stereocenters. The Labute approximate surface area is 418 Å². The molecule has 24 nitrogen and oxygen atoms in total. The van der Waals surface area contributed by atoms with Gasteiger partial charge in [0.15, 0.2) is 17.7 Å². The van der Waals surface area contributed by atoms with Crippen molar-refractivity contribution >= 4 is 58.0 Å². The Morgan fingerprint density at radius 2 is 1.47 bits per heavy atom. The molecule has 2 aliphatic carbocycles. The van der Waals surface area contributed by atoms with Crippen LogP contribution in [0.25, 0.3) is 11.2 Å². The topological polar surface area (TPSA) is 364 Å². The van der Waals surface area contributed by atoms with Crippen molar-refractivity contribution in [2.24, 2.45) is 16.2 Å². The van der Waals surface area contributed by atoms with Crippen LogP contribution >= 0.6 is 23.5 Å². The van der Waals surface area contributed by atoms with Gasteiger partial charge in [0.05, 0.1) is 19.5 Å². The summed E-state index contributed by atoms with van der Waals surface area (Å²) < 4.78 is 62.7. The molecule has 3 heterocycles. The van der Waals surface area contributed by atoms with Crippen LogP contribution < -0.4 is 16.4 Å². The van der Waals surface area contributed by atoms with Gasteiger partial charge in [-0.15, -0.1) is 0 Å². The molecule has 3 fully saturated rings. The maximum Gasteiger partial charge on any atom is 0.481 e. The lowest BCUT2D eigenvalue weighted by Crippen LogP contribution is -2.46. The van der Waals surface area contributed by atoms with Crippen molar-refractivity contribution in [3.8, 4) is 0 Å². The number of phosphoric ester groups is 3. The molecule has 0 radical (unpaired) electrons. The summed E-state index contributed by atoms with van der Waals surface area (Å²) in [5, 5.41) is 26.8. The van der Waals surface area contributed by atoms with Crippen LogP contribution in [0.1, 0.15) is 128 Å². The summed E-state index contributed by atoms with van der Waals surface area (Å²) in [5.41, 5.74) is 7.39. The number of aliphatic hydroxyl groups is 2. The summed E-state index contributed by atoms with van der Waals surface area (Å²) in [5.74, 6) is -1.30. The Hall–Kier alpha value is -3.57. The molecule has 1 aliphatic heterocycles. The van der Waals surface area contributed by atoms with Crippen molar-refractivity contribution in [3.63, 3.8) is 0 Å². The molecular formula is C45H70N7O17P3.